The highest BCUT2D eigenvalue weighted by atomic mass is 35.5. The lowest BCUT2D eigenvalue weighted by Gasteiger charge is -2.13. The summed E-state index contributed by atoms with van der Waals surface area (Å²) < 4.78 is 8.58. The van der Waals surface area contributed by atoms with E-state index in [1.54, 1.807) is 0 Å². The Hall–Kier alpha value is -1.65. The summed E-state index contributed by atoms with van der Waals surface area (Å²) in [5.74, 6) is 0. The van der Waals surface area contributed by atoms with E-state index in [9.17, 15) is 0 Å². The first kappa shape index (κ1) is 14.3. The fourth-order valence-corrected chi connectivity index (χ4v) is 3.15. The highest BCUT2D eigenvalue weighted by Gasteiger charge is 2.10. The van der Waals surface area contributed by atoms with Gasteiger partial charge in [0.2, 0.25) is 0 Å². The van der Waals surface area contributed by atoms with Crippen molar-refractivity contribution >= 4 is 40.0 Å². The van der Waals surface area contributed by atoms with Crippen LogP contribution in [0.2, 0.25) is 5.02 Å². The Morgan fingerprint density at radius 2 is 1.81 bits per heavy atom. The Bertz CT molecular complexity index is 811. The molecule has 3 rings (SSSR count). The summed E-state index contributed by atoms with van der Waals surface area (Å²) in [4.78, 5) is 0. The average molecular weight is 318 g/mol. The van der Waals surface area contributed by atoms with Crippen molar-refractivity contribution in [3.8, 4) is 0 Å². The summed E-state index contributed by atoms with van der Waals surface area (Å²) >= 11 is 7.50. The normalized spacial score (nSPS) is 11.0. The molecule has 0 saturated heterocycles. The molecule has 0 fully saturated rings. The van der Waals surface area contributed by atoms with Crippen molar-refractivity contribution in [2.24, 2.45) is 0 Å². The number of hydrogen-bond acceptors (Lipinski definition) is 4. The fraction of sp³-hybridized carbons (Fsp3) is 0.250. The molecule has 0 aliphatic heterocycles. The van der Waals surface area contributed by atoms with E-state index < -0.39 is 0 Å². The predicted molar refractivity (Wildman–Crippen MR) is 90.4 cm³/mol. The van der Waals surface area contributed by atoms with Crippen molar-refractivity contribution in [2.75, 3.05) is 5.32 Å². The molecule has 21 heavy (non-hydrogen) atoms. The van der Waals surface area contributed by atoms with Crippen molar-refractivity contribution in [2.45, 2.75) is 27.3 Å². The van der Waals surface area contributed by atoms with Crippen molar-refractivity contribution in [3.05, 3.63) is 51.5 Å². The zero-order chi connectivity index (χ0) is 15.0. The molecular weight excluding hydrogens is 302 g/mol. The number of aromatic nitrogens is 2. The Balaban J connectivity index is 1.92. The van der Waals surface area contributed by atoms with Gasteiger partial charge >= 0.3 is 0 Å². The van der Waals surface area contributed by atoms with E-state index in [0.29, 0.717) is 5.02 Å². The predicted octanol–water partition coefficient (Wildman–Crippen LogP) is 4.88. The van der Waals surface area contributed by atoms with Gasteiger partial charge in [-0.15, -0.1) is 0 Å². The van der Waals surface area contributed by atoms with Crippen LogP contribution in [-0.2, 0) is 6.54 Å². The molecule has 0 atom stereocenters. The molecule has 0 aliphatic rings. The second-order valence-electron chi connectivity index (χ2n) is 5.27. The van der Waals surface area contributed by atoms with Crippen LogP contribution in [0.15, 0.2) is 24.3 Å². The summed E-state index contributed by atoms with van der Waals surface area (Å²) in [7, 11) is 0. The highest BCUT2D eigenvalue weighted by molar-refractivity contribution is 7.00. The number of hydrogen-bond donors (Lipinski definition) is 1. The van der Waals surface area contributed by atoms with Gasteiger partial charge in [-0.3, -0.25) is 0 Å². The summed E-state index contributed by atoms with van der Waals surface area (Å²) in [6.45, 7) is 7.13. The standard InChI is InChI=1S/C16H16ClN3S/c1-9-6-11(3)12(7-10(9)2)8-18-15-13(17)4-5-14-16(15)20-21-19-14/h4-7,18H,8H2,1-3H3. The first-order valence-electron chi connectivity index (χ1n) is 6.77. The molecule has 0 unspecified atom stereocenters. The maximum atomic E-state index is 6.30. The van der Waals surface area contributed by atoms with Crippen LogP contribution in [0.1, 0.15) is 22.3 Å². The molecular formula is C16H16ClN3S. The van der Waals surface area contributed by atoms with E-state index in [1.165, 1.54) is 34.0 Å². The summed E-state index contributed by atoms with van der Waals surface area (Å²) in [6, 6.07) is 8.21. The van der Waals surface area contributed by atoms with Crippen molar-refractivity contribution in [3.63, 3.8) is 0 Å². The molecule has 5 heteroatoms. The van der Waals surface area contributed by atoms with Gasteiger partial charge in [0.05, 0.1) is 22.4 Å². The van der Waals surface area contributed by atoms with Gasteiger partial charge < -0.3 is 5.32 Å². The van der Waals surface area contributed by atoms with E-state index in [2.05, 4.69) is 47.0 Å². The zero-order valence-corrected chi connectivity index (χ0v) is 13.8. The monoisotopic (exact) mass is 317 g/mol. The second kappa shape index (κ2) is 5.62. The molecule has 0 saturated carbocycles. The number of nitrogens with zero attached hydrogens (tertiary/aromatic N) is 2. The number of benzene rings is 2. The van der Waals surface area contributed by atoms with Crippen LogP contribution < -0.4 is 5.32 Å². The number of nitrogens with one attached hydrogen (secondary N) is 1. The summed E-state index contributed by atoms with van der Waals surface area (Å²) in [6.07, 6.45) is 0. The molecule has 0 bridgehead atoms. The number of halogens is 1. The lowest BCUT2D eigenvalue weighted by atomic mass is 10.0. The van der Waals surface area contributed by atoms with Gasteiger partial charge in [0.1, 0.15) is 11.0 Å². The van der Waals surface area contributed by atoms with Crippen LogP contribution in [0, 0.1) is 20.8 Å². The number of anilines is 1. The first-order chi connectivity index (χ1) is 10.1. The van der Waals surface area contributed by atoms with Crippen molar-refractivity contribution < 1.29 is 0 Å². The summed E-state index contributed by atoms with van der Waals surface area (Å²) in [5, 5.41) is 4.10. The molecule has 1 N–H and O–H groups in total. The number of rotatable bonds is 3. The molecule has 0 amide bonds. The van der Waals surface area contributed by atoms with Crippen LogP contribution in [0.5, 0.6) is 0 Å². The largest absolute Gasteiger partial charge is 0.378 e. The third kappa shape index (κ3) is 2.74. The lowest BCUT2D eigenvalue weighted by Crippen LogP contribution is -2.03. The third-order valence-corrected chi connectivity index (χ3v) is 4.64. The lowest BCUT2D eigenvalue weighted by molar-refractivity contribution is 1.10. The van der Waals surface area contributed by atoms with E-state index >= 15 is 0 Å². The quantitative estimate of drug-likeness (QED) is 0.748. The van der Waals surface area contributed by atoms with E-state index in [1.807, 2.05) is 12.1 Å². The minimum Gasteiger partial charge on any atom is -0.378 e. The topological polar surface area (TPSA) is 37.8 Å². The van der Waals surface area contributed by atoms with Crippen LogP contribution in [0.3, 0.4) is 0 Å². The maximum Gasteiger partial charge on any atom is 0.129 e. The molecule has 0 radical (unpaired) electrons. The minimum atomic E-state index is 0.677. The van der Waals surface area contributed by atoms with Gasteiger partial charge in [-0.05, 0) is 55.2 Å². The van der Waals surface area contributed by atoms with Crippen molar-refractivity contribution in [1.29, 1.82) is 0 Å². The van der Waals surface area contributed by atoms with E-state index in [0.717, 1.165) is 23.3 Å². The number of fused-ring (bicyclic) bond motifs is 1. The minimum absolute atomic E-state index is 0.677. The Morgan fingerprint density at radius 3 is 2.62 bits per heavy atom. The molecule has 3 aromatic rings. The van der Waals surface area contributed by atoms with Crippen LogP contribution in [0.25, 0.3) is 11.0 Å². The molecule has 108 valence electrons. The Labute approximate surface area is 133 Å². The van der Waals surface area contributed by atoms with Gasteiger partial charge in [-0.2, -0.15) is 8.75 Å². The zero-order valence-electron chi connectivity index (χ0n) is 12.2. The summed E-state index contributed by atoms with van der Waals surface area (Å²) in [5.41, 5.74) is 7.76. The van der Waals surface area contributed by atoms with E-state index in [4.69, 9.17) is 11.6 Å². The van der Waals surface area contributed by atoms with Crippen molar-refractivity contribution in [1.82, 2.24) is 8.75 Å². The Morgan fingerprint density at radius 1 is 1.05 bits per heavy atom. The fourth-order valence-electron chi connectivity index (χ4n) is 2.39. The third-order valence-electron chi connectivity index (χ3n) is 3.78. The maximum absolute atomic E-state index is 6.30. The van der Waals surface area contributed by atoms with Gasteiger partial charge in [-0.25, -0.2) is 0 Å². The van der Waals surface area contributed by atoms with Crippen LogP contribution in [0.4, 0.5) is 5.69 Å². The smallest absolute Gasteiger partial charge is 0.129 e. The van der Waals surface area contributed by atoms with Crippen LogP contribution >= 0.6 is 23.3 Å². The van der Waals surface area contributed by atoms with Crippen LogP contribution in [-0.4, -0.2) is 8.75 Å². The molecule has 3 nitrogen and oxygen atoms in total. The van der Waals surface area contributed by atoms with Gasteiger partial charge in [-0.1, -0.05) is 23.7 Å². The SMILES string of the molecule is Cc1cc(C)c(CNc2c(Cl)ccc3nsnc23)cc1C. The Kier molecular flexibility index (Phi) is 3.83. The molecule has 1 aromatic heterocycles. The van der Waals surface area contributed by atoms with Gasteiger partial charge in [0, 0.05) is 6.54 Å². The first-order valence-corrected chi connectivity index (χ1v) is 7.88. The molecule has 0 spiro atoms. The average Bonchev–Trinajstić information content (AvgIpc) is 2.91. The van der Waals surface area contributed by atoms with Gasteiger partial charge in [0.25, 0.3) is 0 Å². The number of aryl methyl sites for hydroxylation is 3. The highest BCUT2D eigenvalue weighted by Crippen LogP contribution is 2.30. The van der Waals surface area contributed by atoms with E-state index in [-0.39, 0.29) is 0 Å². The van der Waals surface area contributed by atoms with Gasteiger partial charge in [0.15, 0.2) is 0 Å². The second-order valence-corrected chi connectivity index (χ2v) is 6.21. The molecule has 2 aromatic carbocycles. The molecule has 1 heterocycles. The molecule has 0 aliphatic carbocycles.